The molecule has 0 radical (unpaired) electrons. The molecule has 0 amide bonds. The molecule has 0 saturated carbocycles. The number of aromatic nitrogens is 3. The van der Waals surface area contributed by atoms with Crippen LogP contribution in [0.15, 0.2) is 35.4 Å². The van der Waals surface area contributed by atoms with E-state index >= 15 is 0 Å². The minimum Gasteiger partial charge on any atom is -0.395 e. The smallest absolute Gasteiger partial charge is 0.350 e. The molecule has 1 heterocycles. The minimum absolute atomic E-state index is 0.0848. The van der Waals surface area contributed by atoms with Gasteiger partial charge >= 0.3 is 5.69 Å². The molecule has 17 heavy (non-hydrogen) atoms. The Morgan fingerprint density at radius 1 is 1.35 bits per heavy atom. The van der Waals surface area contributed by atoms with Gasteiger partial charge in [-0.15, -0.1) is 0 Å². The highest BCUT2D eigenvalue weighted by molar-refractivity contribution is 5.48. The zero-order chi connectivity index (χ0) is 12.3. The maximum absolute atomic E-state index is 11.6. The van der Waals surface area contributed by atoms with Crippen molar-refractivity contribution in [3.63, 3.8) is 0 Å². The fourth-order valence-corrected chi connectivity index (χ4v) is 1.48. The molecule has 1 aromatic heterocycles. The fraction of sp³-hybridized carbons (Fsp3) is 0.273. The van der Waals surface area contributed by atoms with Gasteiger partial charge < -0.3 is 10.4 Å². The highest BCUT2D eigenvalue weighted by Gasteiger charge is 2.03. The standard InChI is InChI=1S/C11H14N4O2/c1-14-8-13-15(11(14)17)10-4-2-9(3-5-10)12-6-7-16/h2-5,8,12,16H,6-7H2,1H3. The Labute approximate surface area is 98.1 Å². The van der Waals surface area contributed by atoms with Crippen molar-refractivity contribution in [2.45, 2.75) is 0 Å². The summed E-state index contributed by atoms with van der Waals surface area (Å²) in [4.78, 5) is 11.6. The second-order valence-electron chi connectivity index (χ2n) is 3.63. The van der Waals surface area contributed by atoms with Gasteiger partial charge in [-0.05, 0) is 24.3 Å². The van der Waals surface area contributed by atoms with Crippen LogP contribution in [0.25, 0.3) is 5.69 Å². The summed E-state index contributed by atoms with van der Waals surface area (Å²) in [5, 5.41) is 15.7. The number of aliphatic hydroxyl groups is 1. The monoisotopic (exact) mass is 234 g/mol. The van der Waals surface area contributed by atoms with E-state index in [1.54, 1.807) is 19.2 Å². The number of benzene rings is 1. The molecule has 90 valence electrons. The van der Waals surface area contributed by atoms with Crippen LogP contribution < -0.4 is 11.0 Å². The average Bonchev–Trinajstić information content (AvgIpc) is 2.68. The maximum atomic E-state index is 11.6. The first-order valence-corrected chi connectivity index (χ1v) is 5.28. The van der Waals surface area contributed by atoms with Gasteiger partial charge in [-0.2, -0.15) is 9.78 Å². The molecule has 2 N–H and O–H groups in total. The van der Waals surface area contributed by atoms with Crippen molar-refractivity contribution in [1.82, 2.24) is 14.3 Å². The molecule has 0 aliphatic heterocycles. The van der Waals surface area contributed by atoms with E-state index in [0.717, 1.165) is 5.69 Å². The molecule has 2 rings (SSSR count). The summed E-state index contributed by atoms with van der Waals surface area (Å²) < 4.78 is 2.74. The number of nitrogens with zero attached hydrogens (tertiary/aromatic N) is 3. The van der Waals surface area contributed by atoms with E-state index in [1.807, 2.05) is 12.1 Å². The molecule has 6 nitrogen and oxygen atoms in total. The molecule has 2 aromatic rings. The third-order valence-corrected chi connectivity index (χ3v) is 2.38. The lowest BCUT2D eigenvalue weighted by atomic mass is 10.3. The van der Waals surface area contributed by atoms with Crippen LogP contribution in [0.3, 0.4) is 0 Å². The van der Waals surface area contributed by atoms with Crippen molar-refractivity contribution in [3.05, 3.63) is 41.1 Å². The fourth-order valence-electron chi connectivity index (χ4n) is 1.48. The van der Waals surface area contributed by atoms with Crippen LogP contribution >= 0.6 is 0 Å². The van der Waals surface area contributed by atoms with Gasteiger partial charge in [-0.1, -0.05) is 0 Å². The van der Waals surface area contributed by atoms with Gasteiger partial charge in [0.25, 0.3) is 0 Å². The van der Waals surface area contributed by atoms with E-state index in [-0.39, 0.29) is 12.3 Å². The lowest BCUT2D eigenvalue weighted by molar-refractivity contribution is 0.311. The molecular weight excluding hydrogens is 220 g/mol. The van der Waals surface area contributed by atoms with Crippen LogP contribution in [0.5, 0.6) is 0 Å². The summed E-state index contributed by atoms with van der Waals surface area (Å²) in [5.41, 5.74) is 1.43. The first-order valence-electron chi connectivity index (χ1n) is 5.28. The van der Waals surface area contributed by atoms with Gasteiger partial charge in [0.1, 0.15) is 6.33 Å². The number of rotatable bonds is 4. The Hall–Kier alpha value is -2.08. The van der Waals surface area contributed by atoms with Crippen molar-refractivity contribution in [1.29, 1.82) is 0 Å². The zero-order valence-corrected chi connectivity index (χ0v) is 9.50. The van der Waals surface area contributed by atoms with Crippen molar-refractivity contribution < 1.29 is 5.11 Å². The van der Waals surface area contributed by atoms with E-state index in [1.165, 1.54) is 15.6 Å². The molecular formula is C11H14N4O2. The summed E-state index contributed by atoms with van der Waals surface area (Å²) >= 11 is 0. The van der Waals surface area contributed by atoms with E-state index in [4.69, 9.17) is 5.11 Å². The van der Waals surface area contributed by atoms with Gasteiger partial charge in [0.05, 0.1) is 12.3 Å². The second kappa shape index (κ2) is 4.84. The predicted molar refractivity (Wildman–Crippen MR) is 64.4 cm³/mol. The maximum Gasteiger partial charge on any atom is 0.350 e. The molecule has 0 saturated heterocycles. The van der Waals surface area contributed by atoms with Gasteiger partial charge in [0.2, 0.25) is 0 Å². The van der Waals surface area contributed by atoms with Gasteiger partial charge in [-0.3, -0.25) is 4.57 Å². The molecule has 6 heteroatoms. The number of hydrogen-bond acceptors (Lipinski definition) is 4. The van der Waals surface area contributed by atoms with Crippen molar-refractivity contribution in [3.8, 4) is 5.69 Å². The van der Waals surface area contributed by atoms with Gasteiger partial charge in [0.15, 0.2) is 0 Å². The first kappa shape index (κ1) is 11.4. The van der Waals surface area contributed by atoms with Crippen LogP contribution in [0.2, 0.25) is 0 Å². The Kier molecular flexibility index (Phi) is 3.24. The second-order valence-corrected chi connectivity index (χ2v) is 3.63. The van der Waals surface area contributed by atoms with Crippen LogP contribution in [-0.2, 0) is 7.05 Å². The SMILES string of the molecule is Cn1cnn(-c2ccc(NCCO)cc2)c1=O. The lowest BCUT2D eigenvalue weighted by Gasteiger charge is -2.05. The van der Waals surface area contributed by atoms with Gasteiger partial charge in [-0.25, -0.2) is 4.79 Å². The number of aryl methyl sites for hydroxylation is 1. The van der Waals surface area contributed by atoms with E-state index < -0.39 is 0 Å². The molecule has 0 bridgehead atoms. The molecule has 0 aliphatic rings. The van der Waals surface area contributed by atoms with Gasteiger partial charge in [0, 0.05) is 19.3 Å². The van der Waals surface area contributed by atoms with Crippen LogP contribution in [0.1, 0.15) is 0 Å². The minimum atomic E-state index is -0.180. The number of anilines is 1. The topological polar surface area (TPSA) is 72.1 Å². The molecule has 0 atom stereocenters. The summed E-state index contributed by atoms with van der Waals surface area (Å²) in [6.07, 6.45) is 1.47. The molecule has 0 spiro atoms. The Morgan fingerprint density at radius 3 is 2.59 bits per heavy atom. The molecule has 1 aromatic carbocycles. The van der Waals surface area contributed by atoms with E-state index in [2.05, 4.69) is 10.4 Å². The number of hydrogen-bond donors (Lipinski definition) is 2. The first-order chi connectivity index (χ1) is 8.22. The zero-order valence-electron chi connectivity index (χ0n) is 9.50. The van der Waals surface area contributed by atoms with E-state index in [0.29, 0.717) is 12.2 Å². The average molecular weight is 234 g/mol. The Balaban J connectivity index is 2.23. The number of aliphatic hydroxyl groups excluding tert-OH is 1. The normalized spacial score (nSPS) is 10.5. The van der Waals surface area contributed by atoms with E-state index in [9.17, 15) is 4.79 Å². The number of nitrogens with one attached hydrogen (secondary N) is 1. The summed E-state index contributed by atoms with van der Waals surface area (Å²) in [6, 6.07) is 7.28. The Morgan fingerprint density at radius 2 is 2.06 bits per heavy atom. The van der Waals surface area contributed by atoms with Crippen LogP contribution in [0, 0.1) is 0 Å². The Bertz CT molecular complexity index is 541. The van der Waals surface area contributed by atoms with Crippen molar-refractivity contribution >= 4 is 5.69 Å². The van der Waals surface area contributed by atoms with Crippen LogP contribution in [0.4, 0.5) is 5.69 Å². The van der Waals surface area contributed by atoms with Crippen molar-refractivity contribution in [2.75, 3.05) is 18.5 Å². The highest BCUT2D eigenvalue weighted by Crippen LogP contribution is 2.10. The summed E-state index contributed by atoms with van der Waals surface area (Å²) in [6.45, 7) is 0.588. The summed E-state index contributed by atoms with van der Waals surface area (Å²) in [7, 11) is 1.66. The summed E-state index contributed by atoms with van der Waals surface area (Å²) in [5.74, 6) is 0. The van der Waals surface area contributed by atoms with Crippen molar-refractivity contribution in [2.24, 2.45) is 7.05 Å². The lowest BCUT2D eigenvalue weighted by Crippen LogP contribution is -2.21. The highest BCUT2D eigenvalue weighted by atomic mass is 16.3. The third-order valence-electron chi connectivity index (χ3n) is 2.38. The quantitative estimate of drug-likeness (QED) is 0.779. The molecule has 0 aliphatic carbocycles. The molecule has 0 unspecified atom stereocenters. The third kappa shape index (κ3) is 2.36. The molecule has 0 fully saturated rings. The van der Waals surface area contributed by atoms with Crippen LogP contribution in [-0.4, -0.2) is 32.6 Å². The largest absolute Gasteiger partial charge is 0.395 e. The predicted octanol–water partition coefficient (Wildman–Crippen LogP) is -0.0248.